The van der Waals surface area contributed by atoms with Crippen molar-refractivity contribution in [2.24, 2.45) is 0 Å². The fraction of sp³-hybridized carbons (Fsp3) is 0.211. The molecular formula is C19H19ClFN3. The molecule has 2 aromatic carbocycles. The van der Waals surface area contributed by atoms with Crippen LogP contribution in [-0.2, 0) is 19.5 Å². The summed E-state index contributed by atoms with van der Waals surface area (Å²) in [4.78, 5) is 0. The number of nitrogens with zero attached hydrogens (tertiary/aromatic N) is 2. The van der Waals surface area contributed by atoms with Gasteiger partial charge in [0, 0.05) is 17.7 Å². The van der Waals surface area contributed by atoms with Crippen molar-refractivity contribution in [3.63, 3.8) is 0 Å². The fourth-order valence-electron chi connectivity index (χ4n) is 3.14. The number of hydrogen-bond donors (Lipinski definition) is 1. The van der Waals surface area contributed by atoms with Crippen LogP contribution >= 0.6 is 12.4 Å². The predicted molar refractivity (Wildman–Crippen MR) is 95.8 cm³/mol. The van der Waals surface area contributed by atoms with Crippen LogP contribution in [-0.4, -0.2) is 16.3 Å². The quantitative estimate of drug-likeness (QED) is 0.783. The largest absolute Gasteiger partial charge is 0.311 e. The molecule has 3 nitrogen and oxygen atoms in total. The normalized spacial score (nSPS) is 13.2. The second kappa shape index (κ2) is 7.16. The topological polar surface area (TPSA) is 29.9 Å². The SMILES string of the molecule is Cl.Fc1ccc(Cn2nc(-c3ccccc3)c3c2CNCC3)cc1. The molecule has 2 heterocycles. The minimum Gasteiger partial charge on any atom is -0.311 e. The van der Waals surface area contributed by atoms with Gasteiger partial charge in [0.1, 0.15) is 5.82 Å². The third-order valence-electron chi connectivity index (χ3n) is 4.30. The molecule has 0 fully saturated rings. The molecule has 0 spiro atoms. The summed E-state index contributed by atoms with van der Waals surface area (Å²) >= 11 is 0. The fourth-order valence-corrected chi connectivity index (χ4v) is 3.14. The van der Waals surface area contributed by atoms with Crippen LogP contribution in [0.2, 0.25) is 0 Å². The van der Waals surface area contributed by atoms with Gasteiger partial charge >= 0.3 is 0 Å². The van der Waals surface area contributed by atoms with Crippen LogP contribution in [0.3, 0.4) is 0 Å². The highest BCUT2D eigenvalue weighted by Crippen LogP contribution is 2.28. The van der Waals surface area contributed by atoms with E-state index in [1.165, 1.54) is 23.4 Å². The minimum atomic E-state index is -0.206. The lowest BCUT2D eigenvalue weighted by Gasteiger charge is -2.16. The van der Waals surface area contributed by atoms with E-state index in [4.69, 9.17) is 5.10 Å². The minimum absolute atomic E-state index is 0. The summed E-state index contributed by atoms with van der Waals surface area (Å²) in [7, 11) is 0. The van der Waals surface area contributed by atoms with Crippen molar-refractivity contribution >= 4 is 12.4 Å². The maximum Gasteiger partial charge on any atom is 0.123 e. The second-order valence-electron chi connectivity index (χ2n) is 5.85. The van der Waals surface area contributed by atoms with Crippen molar-refractivity contribution in [1.82, 2.24) is 15.1 Å². The number of hydrogen-bond acceptors (Lipinski definition) is 2. The van der Waals surface area contributed by atoms with E-state index in [-0.39, 0.29) is 18.2 Å². The van der Waals surface area contributed by atoms with Crippen molar-refractivity contribution in [1.29, 1.82) is 0 Å². The van der Waals surface area contributed by atoms with Crippen molar-refractivity contribution in [3.8, 4) is 11.3 Å². The summed E-state index contributed by atoms with van der Waals surface area (Å²) in [6.45, 7) is 2.47. The summed E-state index contributed by atoms with van der Waals surface area (Å²) in [5, 5.41) is 8.28. The van der Waals surface area contributed by atoms with Gasteiger partial charge in [-0.2, -0.15) is 5.10 Å². The van der Waals surface area contributed by atoms with Crippen LogP contribution in [0.1, 0.15) is 16.8 Å². The van der Waals surface area contributed by atoms with E-state index in [0.717, 1.165) is 36.3 Å². The molecule has 0 saturated heterocycles. The van der Waals surface area contributed by atoms with Gasteiger partial charge in [0.2, 0.25) is 0 Å². The average Bonchev–Trinajstić information content (AvgIpc) is 2.97. The first-order valence-electron chi connectivity index (χ1n) is 7.90. The number of nitrogens with one attached hydrogen (secondary N) is 1. The molecule has 0 aliphatic carbocycles. The first kappa shape index (κ1) is 16.7. The molecule has 0 radical (unpaired) electrons. The van der Waals surface area contributed by atoms with Gasteiger partial charge in [-0.1, -0.05) is 42.5 Å². The molecule has 1 aromatic heterocycles. The Morgan fingerprint density at radius 2 is 1.79 bits per heavy atom. The lowest BCUT2D eigenvalue weighted by molar-refractivity contribution is 0.569. The molecule has 1 N–H and O–H groups in total. The van der Waals surface area contributed by atoms with E-state index in [1.54, 1.807) is 0 Å². The zero-order valence-electron chi connectivity index (χ0n) is 13.2. The van der Waals surface area contributed by atoms with Crippen molar-refractivity contribution < 1.29 is 4.39 Å². The van der Waals surface area contributed by atoms with E-state index in [1.807, 2.05) is 30.3 Å². The number of halogens is 2. The third-order valence-corrected chi connectivity index (χ3v) is 4.30. The molecule has 3 aromatic rings. The van der Waals surface area contributed by atoms with Crippen LogP contribution in [0.15, 0.2) is 54.6 Å². The van der Waals surface area contributed by atoms with E-state index in [9.17, 15) is 4.39 Å². The Morgan fingerprint density at radius 3 is 2.54 bits per heavy atom. The van der Waals surface area contributed by atoms with E-state index < -0.39 is 0 Å². The molecule has 0 atom stereocenters. The van der Waals surface area contributed by atoms with Gasteiger partial charge in [-0.05, 0) is 30.7 Å². The molecule has 1 aliphatic rings. The Bertz CT molecular complexity index is 813. The van der Waals surface area contributed by atoms with E-state index >= 15 is 0 Å². The number of fused-ring (bicyclic) bond motifs is 1. The van der Waals surface area contributed by atoms with Crippen LogP contribution in [0.25, 0.3) is 11.3 Å². The Balaban J connectivity index is 0.00000169. The molecule has 124 valence electrons. The van der Waals surface area contributed by atoms with Crippen LogP contribution in [0.5, 0.6) is 0 Å². The zero-order valence-corrected chi connectivity index (χ0v) is 14.0. The monoisotopic (exact) mass is 343 g/mol. The Hall–Kier alpha value is -2.17. The number of aromatic nitrogens is 2. The highest BCUT2D eigenvalue weighted by Gasteiger charge is 2.21. The standard InChI is InChI=1S/C19H18FN3.ClH/c20-16-8-6-14(7-9-16)13-23-18-12-21-11-10-17(18)19(22-23)15-4-2-1-3-5-15;/h1-9,21H,10-13H2;1H. The molecule has 5 heteroatoms. The van der Waals surface area contributed by atoms with Gasteiger partial charge < -0.3 is 5.32 Å². The van der Waals surface area contributed by atoms with Gasteiger partial charge in [-0.15, -0.1) is 12.4 Å². The number of benzene rings is 2. The average molecular weight is 344 g/mol. The first-order chi connectivity index (χ1) is 11.3. The Labute approximate surface area is 146 Å². The van der Waals surface area contributed by atoms with Crippen molar-refractivity contribution in [3.05, 3.63) is 77.2 Å². The van der Waals surface area contributed by atoms with E-state index in [2.05, 4.69) is 22.1 Å². The molecule has 0 amide bonds. The zero-order chi connectivity index (χ0) is 15.6. The lowest BCUT2D eigenvalue weighted by Crippen LogP contribution is -2.25. The Morgan fingerprint density at radius 1 is 1.04 bits per heavy atom. The molecular weight excluding hydrogens is 325 g/mol. The summed E-state index contributed by atoms with van der Waals surface area (Å²) in [6.07, 6.45) is 0.989. The third kappa shape index (κ3) is 3.21. The molecule has 1 aliphatic heterocycles. The summed E-state index contributed by atoms with van der Waals surface area (Å²) < 4.78 is 15.1. The maximum absolute atomic E-state index is 13.1. The highest BCUT2D eigenvalue weighted by molar-refractivity contribution is 5.85. The second-order valence-corrected chi connectivity index (χ2v) is 5.85. The molecule has 4 rings (SSSR count). The van der Waals surface area contributed by atoms with E-state index in [0.29, 0.717) is 6.54 Å². The lowest BCUT2D eigenvalue weighted by atomic mass is 10.0. The van der Waals surface area contributed by atoms with Gasteiger partial charge in [0.25, 0.3) is 0 Å². The van der Waals surface area contributed by atoms with Gasteiger partial charge in [0.05, 0.1) is 17.9 Å². The Kier molecular flexibility index (Phi) is 4.97. The number of rotatable bonds is 3. The molecule has 0 unspecified atom stereocenters. The van der Waals surface area contributed by atoms with Crippen LogP contribution < -0.4 is 5.32 Å². The molecule has 0 saturated carbocycles. The van der Waals surface area contributed by atoms with Crippen LogP contribution in [0, 0.1) is 5.82 Å². The maximum atomic E-state index is 13.1. The van der Waals surface area contributed by atoms with Gasteiger partial charge in [0.15, 0.2) is 0 Å². The molecule has 0 bridgehead atoms. The van der Waals surface area contributed by atoms with Gasteiger partial charge in [-0.25, -0.2) is 4.39 Å². The first-order valence-corrected chi connectivity index (χ1v) is 7.90. The summed E-state index contributed by atoms with van der Waals surface area (Å²) in [5.74, 6) is -0.206. The molecule has 24 heavy (non-hydrogen) atoms. The summed E-state index contributed by atoms with van der Waals surface area (Å²) in [6, 6.07) is 17.0. The van der Waals surface area contributed by atoms with Gasteiger partial charge in [-0.3, -0.25) is 4.68 Å². The van der Waals surface area contributed by atoms with Crippen LogP contribution in [0.4, 0.5) is 4.39 Å². The van der Waals surface area contributed by atoms with Crippen molar-refractivity contribution in [2.45, 2.75) is 19.5 Å². The summed E-state index contributed by atoms with van der Waals surface area (Å²) in [5.41, 5.74) is 5.85. The predicted octanol–water partition coefficient (Wildman–Crippen LogP) is 3.81. The van der Waals surface area contributed by atoms with Crippen molar-refractivity contribution in [2.75, 3.05) is 6.54 Å². The smallest absolute Gasteiger partial charge is 0.123 e. The highest BCUT2D eigenvalue weighted by atomic mass is 35.5.